The summed E-state index contributed by atoms with van der Waals surface area (Å²) in [6, 6.07) is 4.73. The van der Waals surface area contributed by atoms with Gasteiger partial charge in [-0.1, -0.05) is 23.2 Å². The fourth-order valence-electron chi connectivity index (χ4n) is 3.21. The first kappa shape index (κ1) is 21.1. The number of halogens is 2. The monoisotopic (exact) mass is 439 g/mol. The fourth-order valence-corrected chi connectivity index (χ4v) is 3.74. The predicted octanol–water partition coefficient (Wildman–Crippen LogP) is 4.21. The lowest BCUT2D eigenvalue weighted by atomic mass is 9.97. The van der Waals surface area contributed by atoms with Crippen LogP contribution in [-0.4, -0.2) is 40.6 Å². The van der Waals surface area contributed by atoms with Crippen molar-refractivity contribution < 1.29 is 14.5 Å². The molecule has 0 aliphatic carbocycles. The Morgan fingerprint density at radius 2 is 1.93 bits per heavy atom. The van der Waals surface area contributed by atoms with Crippen LogP contribution >= 0.6 is 23.2 Å². The quantitative estimate of drug-likeness (QED) is 0.404. The number of anilines is 3. The Labute approximate surface area is 177 Å². The molecule has 1 aliphatic rings. The Kier molecular flexibility index (Phi) is 6.71. The van der Waals surface area contributed by atoms with E-state index in [9.17, 15) is 14.9 Å². The van der Waals surface area contributed by atoms with Gasteiger partial charge in [0.25, 0.3) is 0 Å². The molecule has 9 nitrogen and oxygen atoms in total. The zero-order chi connectivity index (χ0) is 21.0. The number of nitro groups is 1. The third-order valence-electron chi connectivity index (χ3n) is 4.53. The van der Waals surface area contributed by atoms with E-state index < -0.39 is 4.92 Å². The number of hydrogen-bond acceptors (Lipinski definition) is 8. The number of rotatable bonds is 6. The number of aromatic nitrogens is 2. The van der Waals surface area contributed by atoms with E-state index in [2.05, 4.69) is 15.3 Å². The molecule has 3 rings (SSSR count). The number of esters is 1. The molecule has 0 radical (unpaired) electrons. The van der Waals surface area contributed by atoms with Gasteiger partial charge in [-0.2, -0.15) is 0 Å². The van der Waals surface area contributed by atoms with Crippen molar-refractivity contribution in [1.29, 1.82) is 0 Å². The third-order valence-corrected chi connectivity index (χ3v) is 4.96. The van der Waals surface area contributed by atoms with Gasteiger partial charge in [0.05, 0.1) is 17.4 Å². The minimum atomic E-state index is -0.527. The highest BCUT2D eigenvalue weighted by atomic mass is 35.5. The van der Waals surface area contributed by atoms with Crippen molar-refractivity contribution in [1.82, 2.24) is 9.97 Å². The molecule has 11 heteroatoms. The number of hydrogen-bond donors (Lipinski definition) is 1. The largest absolute Gasteiger partial charge is 0.466 e. The Bertz CT molecular complexity index is 899. The van der Waals surface area contributed by atoms with Gasteiger partial charge in [0.1, 0.15) is 6.33 Å². The SMILES string of the molecule is CCOC(=O)C1CCN(c2ncnc(Nc3cc(Cl)cc(Cl)c3)c2[N+](=O)[O-])CC1. The maximum Gasteiger partial charge on any atom is 0.353 e. The fraction of sp³-hybridized carbons (Fsp3) is 0.389. The van der Waals surface area contributed by atoms with Crippen LogP contribution in [0, 0.1) is 16.0 Å². The minimum absolute atomic E-state index is 0.0332. The predicted molar refractivity (Wildman–Crippen MR) is 110 cm³/mol. The highest BCUT2D eigenvalue weighted by molar-refractivity contribution is 6.35. The molecule has 2 aromatic rings. The van der Waals surface area contributed by atoms with Gasteiger partial charge in [0, 0.05) is 28.8 Å². The van der Waals surface area contributed by atoms with Crippen LogP contribution in [0.25, 0.3) is 0 Å². The molecule has 2 heterocycles. The highest BCUT2D eigenvalue weighted by Gasteiger charge is 2.32. The molecule has 0 bridgehead atoms. The molecular weight excluding hydrogens is 421 g/mol. The standard InChI is InChI=1S/C18H19Cl2N5O4/c1-2-29-18(26)11-3-5-24(6-4-11)17-15(25(27)28)16(21-10-22-17)23-14-8-12(19)7-13(20)9-14/h7-11H,2-6H2,1H3,(H,21,22,23). The van der Waals surface area contributed by atoms with Gasteiger partial charge >= 0.3 is 11.7 Å². The first-order valence-electron chi connectivity index (χ1n) is 9.03. The van der Waals surface area contributed by atoms with Crippen molar-refractivity contribution in [2.45, 2.75) is 19.8 Å². The summed E-state index contributed by atoms with van der Waals surface area (Å²) in [5, 5.41) is 15.5. The normalized spacial score (nSPS) is 14.5. The molecule has 1 aliphatic heterocycles. The summed E-state index contributed by atoms with van der Waals surface area (Å²) in [5.74, 6) is -0.211. The first-order valence-corrected chi connectivity index (χ1v) is 9.78. The van der Waals surface area contributed by atoms with E-state index in [-0.39, 0.29) is 29.2 Å². The van der Waals surface area contributed by atoms with Crippen LogP contribution in [0.3, 0.4) is 0 Å². The lowest BCUT2D eigenvalue weighted by molar-refractivity contribution is -0.383. The molecular formula is C18H19Cl2N5O4. The van der Waals surface area contributed by atoms with Crippen LogP contribution in [0.1, 0.15) is 19.8 Å². The van der Waals surface area contributed by atoms with Crippen molar-refractivity contribution in [3.63, 3.8) is 0 Å². The van der Waals surface area contributed by atoms with E-state index in [4.69, 9.17) is 27.9 Å². The molecule has 29 heavy (non-hydrogen) atoms. The molecule has 0 spiro atoms. The van der Waals surface area contributed by atoms with Crippen molar-refractivity contribution in [3.8, 4) is 0 Å². The molecule has 1 aromatic heterocycles. The Morgan fingerprint density at radius 3 is 2.52 bits per heavy atom. The van der Waals surface area contributed by atoms with Gasteiger partial charge in [-0.15, -0.1) is 0 Å². The molecule has 0 unspecified atom stereocenters. The summed E-state index contributed by atoms with van der Waals surface area (Å²) < 4.78 is 5.07. The molecule has 154 valence electrons. The van der Waals surface area contributed by atoms with E-state index in [0.717, 1.165) is 0 Å². The van der Waals surface area contributed by atoms with Crippen LogP contribution in [-0.2, 0) is 9.53 Å². The number of nitrogens with zero attached hydrogens (tertiary/aromatic N) is 4. The minimum Gasteiger partial charge on any atom is -0.466 e. The second-order valence-electron chi connectivity index (χ2n) is 6.45. The maximum absolute atomic E-state index is 11.9. The molecule has 1 aromatic carbocycles. The van der Waals surface area contributed by atoms with Gasteiger partial charge in [-0.25, -0.2) is 9.97 Å². The van der Waals surface area contributed by atoms with Crippen LogP contribution in [0.4, 0.5) is 23.0 Å². The number of nitrogens with one attached hydrogen (secondary N) is 1. The zero-order valence-corrected chi connectivity index (χ0v) is 17.1. The number of carbonyl (C=O) groups excluding carboxylic acids is 1. The van der Waals surface area contributed by atoms with E-state index in [1.54, 1.807) is 30.0 Å². The topological polar surface area (TPSA) is 110 Å². The Balaban J connectivity index is 1.84. The van der Waals surface area contributed by atoms with Gasteiger partial charge < -0.3 is 15.0 Å². The zero-order valence-electron chi connectivity index (χ0n) is 15.6. The molecule has 1 fully saturated rings. The summed E-state index contributed by atoms with van der Waals surface area (Å²) in [6.45, 7) is 2.99. The van der Waals surface area contributed by atoms with Gasteiger partial charge in [-0.3, -0.25) is 14.9 Å². The van der Waals surface area contributed by atoms with Gasteiger partial charge in [-0.05, 0) is 38.0 Å². The van der Waals surface area contributed by atoms with Crippen LogP contribution in [0.2, 0.25) is 10.0 Å². The number of ether oxygens (including phenoxy) is 1. The Morgan fingerprint density at radius 1 is 1.28 bits per heavy atom. The smallest absolute Gasteiger partial charge is 0.353 e. The molecule has 0 amide bonds. The molecule has 1 saturated heterocycles. The van der Waals surface area contributed by atoms with E-state index >= 15 is 0 Å². The average molecular weight is 440 g/mol. The van der Waals surface area contributed by atoms with Crippen molar-refractivity contribution in [3.05, 3.63) is 44.7 Å². The highest BCUT2D eigenvalue weighted by Crippen LogP contribution is 2.36. The average Bonchev–Trinajstić information content (AvgIpc) is 2.67. The summed E-state index contributed by atoms with van der Waals surface area (Å²) in [6.07, 6.45) is 2.33. The summed E-state index contributed by atoms with van der Waals surface area (Å²) >= 11 is 12.0. The summed E-state index contributed by atoms with van der Waals surface area (Å²) in [7, 11) is 0. The van der Waals surface area contributed by atoms with Crippen molar-refractivity contribution >= 4 is 52.2 Å². The second-order valence-corrected chi connectivity index (χ2v) is 7.32. The van der Waals surface area contributed by atoms with Gasteiger partial charge in [0.2, 0.25) is 11.6 Å². The third kappa shape index (κ3) is 5.04. The lowest BCUT2D eigenvalue weighted by Gasteiger charge is -2.31. The van der Waals surface area contributed by atoms with E-state index in [0.29, 0.717) is 48.3 Å². The first-order chi connectivity index (χ1) is 13.9. The van der Waals surface area contributed by atoms with Crippen molar-refractivity contribution in [2.24, 2.45) is 5.92 Å². The second kappa shape index (κ2) is 9.23. The van der Waals surface area contributed by atoms with Crippen LogP contribution in [0.5, 0.6) is 0 Å². The molecule has 1 N–H and O–H groups in total. The van der Waals surface area contributed by atoms with Crippen LogP contribution < -0.4 is 10.2 Å². The maximum atomic E-state index is 11.9. The molecule has 0 saturated carbocycles. The van der Waals surface area contributed by atoms with Crippen molar-refractivity contribution in [2.75, 3.05) is 29.9 Å². The number of piperidine rings is 1. The summed E-state index contributed by atoms with van der Waals surface area (Å²) in [4.78, 5) is 33.1. The van der Waals surface area contributed by atoms with Gasteiger partial charge in [0.15, 0.2) is 0 Å². The lowest BCUT2D eigenvalue weighted by Crippen LogP contribution is -2.37. The molecule has 0 atom stereocenters. The summed E-state index contributed by atoms with van der Waals surface area (Å²) in [5.41, 5.74) is 0.217. The van der Waals surface area contributed by atoms with E-state index in [1.165, 1.54) is 6.33 Å². The van der Waals surface area contributed by atoms with E-state index in [1.807, 2.05) is 0 Å². The number of benzene rings is 1. The van der Waals surface area contributed by atoms with Crippen LogP contribution in [0.15, 0.2) is 24.5 Å². The Hall–Kier alpha value is -2.65. The number of carbonyl (C=O) groups is 1.